The van der Waals surface area contributed by atoms with Gasteiger partial charge in [-0.2, -0.15) is 26.3 Å². The molecule has 11 heteroatoms. The molecule has 5 nitrogen and oxygen atoms in total. The lowest BCUT2D eigenvalue weighted by atomic mass is 10.1. The summed E-state index contributed by atoms with van der Waals surface area (Å²) in [5.41, 5.74) is -2.15. The highest BCUT2D eigenvalue weighted by Gasteiger charge is 2.50. The van der Waals surface area contributed by atoms with Crippen LogP contribution in [0.5, 0.6) is 0 Å². The number of hydrogen-bond donors (Lipinski definition) is 1. The van der Waals surface area contributed by atoms with Crippen LogP contribution in [0.3, 0.4) is 0 Å². The van der Waals surface area contributed by atoms with Gasteiger partial charge in [0.05, 0.1) is 5.57 Å². The second-order valence-corrected chi connectivity index (χ2v) is 4.43. The van der Waals surface area contributed by atoms with Crippen LogP contribution in [0.1, 0.15) is 12.8 Å². The monoisotopic (exact) mass is 333 g/mol. The molecule has 1 aliphatic rings. The molecule has 1 aliphatic heterocycles. The third-order valence-corrected chi connectivity index (χ3v) is 2.88. The lowest BCUT2D eigenvalue weighted by molar-refractivity contribution is -0.175. The van der Waals surface area contributed by atoms with Gasteiger partial charge >= 0.3 is 18.3 Å². The average molecular weight is 333 g/mol. The van der Waals surface area contributed by atoms with Crippen LogP contribution < -0.4 is 0 Å². The number of carbonyl (C=O) groups excluding carboxylic acids is 2. The van der Waals surface area contributed by atoms with Gasteiger partial charge in [0.25, 0.3) is 11.6 Å². The molecular weight excluding hydrogens is 324 g/mol. The highest BCUT2D eigenvalue weighted by atomic mass is 19.4. The number of allylic oxidation sites excluding steroid dienone is 1. The Balaban J connectivity index is 3.26. The maximum atomic E-state index is 12.3. The fourth-order valence-electron chi connectivity index (χ4n) is 1.90. The predicted molar refractivity (Wildman–Crippen MR) is 57.6 cm³/mol. The van der Waals surface area contributed by atoms with Crippen molar-refractivity contribution in [3.63, 3.8) is 0 Å². The van der Waals surface area contributed by atoms with Crippen LogP contribution >= 0.6 is 0 Å². The number of ketones is 2. The van der Waals surface area contributed by atoms with Gasteiger partial charge in [0.1, 0.15) is 6.04 Å². The van der Waals surface area contributed by atoms with Crippen LogP contribution in [-0.4, -0.2) is 52.5 Å². The van der Waals surface area contributed by atoms with Crippen LogP contribution in [0.25, 0.3) is 0 Å². The Labute approximate surface area is 119 Å². The topological polar surface area (TPSA) is 74.7 Å². The van der Waals surface area contributed by atoms with Crippen LogP contribution in [0.2, 0.25) is 0 Å². The summed E-state index contributed by atoms with van der Waals surface area (Å²) in [5, 5.41) is 8.81. The summed E-state index contributed by atoms with van der Waals surface area (Å²) in [6, 6.07) is -1.39. The summed E-state index contributed by atoms with van der Waals surface area (Å²) in [6.45, 7) is -0.184. The van der Waals surface area contributed by atoms with E-state index >= 15 is 0 Å². The first-order valence-electron chi connectivity index (χ1n) is 5.79. The molecule has 1 N–H and O–H groups in total. The van der Waals surface area contributed by atoms with Crippen LogP contribution in [-0.2, 0) is 14.4 Å². The fourth-order valence-corrected chi connectivity index (χ4v) is 1.90. The number of alkyl halides is 6. The van der Waals surface area contributed by atoms with E-state index in [4.69, 9.17) is 5.11 Å². The number of carbonyl (C=O) groups is 3. The Hall–Kier alpha value is -2.07. The molecule has 0 amide bonds. The third-order valence-electron chi connectivity index (χ3n) is 2.88. The van der Waals surface area contributed by atoms with Crippen molar-refractivity contribution in [1.29, 1.82) is 0 Å². The maximum absolute atomic E-state index is 12.3. The first-order valence-corrected chi connectivity index (χ1v) is 5.79. The average Bonchev–Trinajstić information content (AvgIpc) is 2.80. The van der Waals surface area contributed by atoms with Crippen LogP contribution in [0.4, 0.5) is 26.3 Å². The molecule has 0 unspecified atom stereocenters. The van der Waals surface area contributed by atoms with Crippen molar-refractivity contribution in [3.05, 3.63) is 11.8 Å². The number of carboxylic acids is 1. The van der Waals surface area contributed by atoms with Crippen molar-refractivity contribution in [3.8, 4) is 0 Å². The van der Waals surface area contributed by atoms with E-state index in [-0.39, 0.29) is 25.6 Å². The van der Waals surface area contributed by atoms with Gasteiger partial charge in [-0.15, -0.1) is 0 Å². The predicted octanol–water partition coefficient (Wildman–Crippen LogP) is 1.68. The van der Waals surface area contributed by atoms with Gasteiger partial charge < -0.3 is 10.0 Å². The van der Waals surface area contributed by atoms with Gasteiger partial charge in [-0.05, 0) is 12.8 Å². The zero-order chi connectivity index (χ0) is 17.3. The molecule has 0 radical (unpaired) electrons. The maximum Gasteiger partial charge on any atom is 0.455 e. The van der Waals surface area contributed by atoms with Gasteiger partial charge in [-0.1, -0.05) is 0 Å². The minimum Gasteiger partial charge on any atom is -0.480 e. The molecule has 22 heavy (non-hydrogen) atoms. The Kier molecular flexibility index (Phi) is 4.88. The zero-order valence-electron chi connectivity index (χ0n) is 10.7. The summed E-state index contributed by atoms with van der Waals surface area (Å²) in [5.74, 6) is -7.41. The van der Waals surface area contributed by atoms with Gasteiger partial charge in [0.15, 0.2) is 0 Å². The molecule has 0 aromatic rings. The van der Waals surface area contributed by atoms with Gasteiger partial charge in [0, 0.05) is 12.7 Å². The largest absolute Gasteiger partial charge is 0.480 e. The van der Waals surface area contributed by atoms with Crippen LogP contribution in [0, 0.1) is 0 Å². The molecule has 0 spiro atoms. The van der Waals surface area contributed by atoms with Crippen LogP contribution in [0.15, 0.2) is 11.8 Å². The first kappa shape index (κ1) is 18.0. The molecule has 0 aromatic heterocycles. The summed E-state index contributed by atoms with van der Waals surface area (Å²) >= 11 is 0. The van der Waals surface area contributed by atoms with E-state index in [0.29, 0.717) is 4.90 Å². The smallest absolute Gasteiger partial charge is 0.455 e. The van der Waals surface area contributed by atoms with E-state index in [0.717, 1.165) is 0 Å². The minimum atomic E-state index is -5.69. The number of nitrogens with zero attached hydrogens (tertiary/aromatic N) is 1. The highest BCUT2D eigenvalue weighted by molar-refractivity contribution is 6.23. The Morgan fingerprint density at radius 1 is 1.00 bits per heavy atom. The molecule has 1 heterocycles. The molecular formula is C11H9F6NO4. The standard InChI is InChI=1S/C11H9F6NO4/c12-10(13,14)7(19)5(8(20)11(15,16)17)4-18-3-1-2-6(18)9(21)22/h4,6H,1-3H2,(H,21,22)/t6-/m0/s1. The molecule has 1 rings (SSSR count). The van der Waals surface area contributed by atoms with Gasteiger partial charge in [-0.25, -0.2) is 4.79 Å². The number of rotatable bonds is 4. The quantitative estimate of drug-likeness (QED) is 0.367. The van der Waals surface area contributed by atoms with Crippen molar-refractivity contribution in [2.45, 2.75) is 31.2 Å². The van der Waals surface area contributed by atoms with Crippen molar-refractivity contribution < 1.29 is 45.8 Å². The number of Topliss-reactive ketones (excluding diaryl/α,β-unsaturated/α-hetero) is 2. The van der Waals surface area contributed by atoms with E-state index in [1.807, 2.05) is 0 Å². The summed E-state index contributed by atoms with van der Waals surface area (Å²) in [6.07, 6.45) is -11.2. The normalized spacial score (nSPS) is 19.0. The molecule has 0 saturated carbocycles. The number of hydrogen-bond acceptors (Lipinski definition) is 4. The van der Waals surface area contributed by atoms with Crippen molar-refractivity contribution in [2.75, 3.05) is 6.54 Å². The van der Waals surface area contributed by atoms with Crippen molar-refractivity contribution in [2.24, 2.45) is 0 Å². The number of aliphatic carboxylic acids is 1. The Morgan fingerprint density at radius 2 is 1.45 bits per heavy atom. The number of carboxylic acid groups (broad SMARTS) is 1. The zero-order valence-corrected chi connectivity index (χ0v) is 10.7. The third kappa shape index (κ3) is 3.98. The summed E-state index contributed by atoms with van der Waals surface area (Å²) < 4.78 is 74.0. The molecule has 1 fully saturated rings. The highest BCUT2D eigenvalue weighted by Crippen LogP contribution is 2.29. The van der Waals surface area contributed by atoms with E-state index in [1.165, 1.54) is 0 Å². The molecule has 124 valence electrons. The van der Waals surface area contributed by atoms with E-state index < -0.39 is 41.5 Å². The minimum absolute atomic E-state index is 0.0282. The van der Waals surface area contributed by atoms with E-state index in [9.17, 15) is 40.7 Å². The second-order valence-electron chi connectivity index (χ2n) is 4.43. The van der Waals surface area contributed by atoms with E-state index in [2.05, 4.69) is 0 Å². The molecule has 1 saturated heterocycles. The fraction of sp³-hybridized carbons (Fsp3) is 0.545. The first-order chi connectivity index (χ1) is 9.85. The van der Waals surface area contributed by atoms with Crippen molar-refractivity contribution in [1.82, 2.24) is 4.90 Å². The van der Waals surface area contributed by atoms with Gasteiger partial charge in [-0.3, -0.25) is 9.59 Å². The lowest BCUT2D eigenvalue weighted by Gasteiger charge is -2.21. The lowest BCUT2D eigenvalue weighted by Crippen LogP contribution is -2.38. The molecule has 0 aliphatic carbocycles. The summed E-state index contributed by atoms with van der Waals surface area (Å²) in [4.78, 5) is 33.5. The van der Waals surface area contributed by atoms with Gasteiger partial charge in [0.2, 0.25) is 0 Å². The number of likely N-dealkylation sites (tertiary alicyclic amines) is 1. The Morgan fingerprint density at radius 3 is 1.82 bits per heavy atom. The molecule has 1 atom stereocenters. The molecule has 0 bridgehead atoms. The van der Waals surface area contributed by atoms with E-state index in [1.54, 1.807) is 0 Å². The number of halogens is 6. The summed E-state index contributed by atoms with van der Waals surface area (Å²) in [7, 11) is 0. The van der Waals surface area contributed by atoms with Crippen molar-refractivity contribution >= 4 is 17.5 Å². The Bertz CT molecular complexity index is 494. The second kappa shape index (κ2) is 5.97. The SMILES string of the molecule is O=C(O)[C@@H]1CCCN1C=C(C(=O)C(F)(F)F)C(=O)C(F)(F)F. The molecule has 0 aromatic carbocycles.